The third kappa shape index (κ3) is 29.6. The molecule has 0 radical (unpaired) electrons. The van der Waals surface area contributed by atoms with Crippen LogP contribution < -0.4 is 94.1 Å². The molecule has 0 aliphatic carbocycles. The SMILES string of the molecule is CNC(=O)COc1ccc(C(=O)Nc2nc(-c3ccc(OC)cc3)cs2)cc1OC.COCCCNC(=O)COc1ccc(C(=O)Nc2nc(-c3ccc(OC)cc3)cs2)cc1OC.COCCNC(=O)COc1ccc(C(=O)Nc2nc(-c3ccc(OC)cc3)cs2)cc1OC.COc1ccc(-c2csc(NC(=O)c3ccc(OCC(=O)N(C)C)c(OC)c3)n2)cc1. The zero-order valence-electron chi connectivity index (χ0n) is 72.2. The summed E-state index contributed by atoms with van der Waals surface area (Å²) < 4.78 is 73.7. The van der Waals surface area contributed by atoms with Gasteiger partial charge in [-0.1, -0.05) is 0 Å². The van der Waals surface area contributed by atoms with Gasteiger partial charge in [-0.3, -0.25) is 59.6 Å². The van der Waals surface area contributed by atoms with Gasteiger partial charge in [0.05, 0.1) is 86.3 Å². The Hall–Kier alpha value is -14.4. The Morgan fingerprint density at radius 1 is 0.312 bits per heavy atom. The first-order valence-electron chi connectivity index (χ1n) is 38.8. The van der Waals surface area contributed by atoms with Crippen LogP contribution in [-0.4, -0.2) is 217 Å². The van der Waals surface area contributed by atoms with Crippen molar-refractivity contribution in [3.05, 3.63) is 214 Å². The summed E-state index contributed by atoms with van der Waals surface area (Å²) in [6, 6.07) is 49.0. The summed E-state index contributed by atoms with van der Waals surface area (Å²) in [7, 11) is 20.3. The maximum atomic E-state index is 12.7. The third-order valence-electron chi connectivity index (χ3n) is 17.8. The molecule has 8 amide bonds. The second-order valence-electron chi connectivity index (χ2n) is 26.5. The van der Waals surface area contributed by atoms with Crippen molar-refractivity contribution in [1.29, 1.82) is 0 Å². The first kappa shape index (κ1) is 97.4. The van der Waals surface area contributed by atoms with Crippen molar-refractivity contribution >= 4 is 113 Å². The molecule has 4 heterocycles. The van der Waals surface area contributed by atoms with Gasteiger partial charge in [-0.25, -0.2) is 19.9 Å². The molecular weight excluding hydrogens is 1730 g/mol. The number of anilines is 4. The molecule has 0 aliphatic rings. The van der Waals surface area contributed by atoms with Crippen LogP contribution in [0.4, 0.5) is 20.5 Å². The number of likely N-dealkylation sites (N-methyl/N-ethyl adjacent to an activating group) is 2. The summed E-state index contributed by atoms with van der Waals surface area (Å²) in [5, 5.41) is 28.4. The van der Waals surface area contributed by atoms with E-state index in [4.69, 9.17) is 66.3 Å². The topological polar surface area (TPSA) is 405 Å². The Balaban J connectivity index is 0.000000193. The van der Waals surface area contributed by atoms with Gasteiger partial charge in [0.1, 0.15) is 23.0 Å². The second-order valence-corrected chi connectivity index (χ2v) is 29.9. The number of rotatable bonds is 39. The average Bonchev–Trinajstić information content (AvgIpc) is 1.54. The highest BCUT2D eigenvalue weighted by Gasteiger charge is 2.22. The van der Waals surface area contributed by atoms with Crippen LogP contribution in [0.5, 0.6) is 69.0 Å². The van der Waals surface area contributed by atoms with Crippen LogP contribution in [0.3, 0.4) is 0 Å². The Morgan fingerprint density at radius 2 is 0.578 bits per heavy atom. The van der Waals surface area contributed by atoms with Crippen LogP contribution in [0.15, 0.2) is 191 Å². The molecule has 34 nitrogen and oxygen atoms in total. The number of hydrogen-bond acceptors (Lipinski definition) is 30. The van der Waals surface area contributed by atoms with Gasteiger partial charge >= 0.3 is 0 Å². The number of thiazole rings is 4. The van der Waals surface area contributed by atoms with E-state index < -0.39 is 0 Å². The quantitative estimate of drug-likeness (QED) is 0.0176. The summed E-state index contributed by atoms with van der Waals surface area (Å²) in [6.45, 7) is 1.27. The van der Waals surface area contributed by atoms with Crippen LogP contribution in [0.2, 0.25) is 0 Å². The minimum Gasteiger partial charge on any atom is -0.497 e. The Morgan fingerprint density at radius 3 is 0.828 bits per heavy atom. The van der Waals surface area contributed by atoms with Crippen molar-refractivity contribution in [2.24, 2.45) is 0 Å². The van der Waals surface area contributed by atoms with Crippen LogP contribution in [0.1, 0.15) is 47.9 Å². The predicted molar refractivity (Wildman–Crippen MR) is 489 cm³/mol. The Bertz CT molecular complexity index is 5650. The van der Waals surface area contributed by atoms with Gasteiger partial charge < -0.3 is 87.2 Å². The standard InChI is InChI=1S/C24H27N3O6S.C23H25N3O6S.C22H23N3O5S.C21H21N3O5S/c1-30-12-4-11-25-22(28)14-33-20-10-7-17(13-21(20)32-3)23(29)27-24-26-19(15-34-24)16-5-8-18(31-2)9-6-16;1-29-11-10-24-21(27)13-32-19-9-6-16(12-20(19)31-3)22(28)26-23-25-18(14-33-23)15-4-7-17(30-2)8-5-15;1-25(2)20(26)12-30-18-10-7-15(11-19(18)29-4)21(27)24-22-23-17(13-31-22)14-5-8-16(28-3)9-6-14;1-22-19(25)11-29-17-9-6-14(10-18(17)28-3)20(26)24-21-23-16(12-30-21)13-4-7-15(27-2)8-5-13/h5-10,13,15H,4,11-12,14H2,1-3H3,(H,25,28)(H,26,27,29);4-9,12,14H,10-11,13H2,1-3H3,(H,24,27)(H,25,26,28);5-11,13H,12H2,1-4H3,(H,23,24,27);4-10,12H,11H2,1-3H3,(H,22,25)(H,23,24,26). The molecule has 0 atom stereocenters. The van der Waals surface area contributed by atoms with E-state index in [9.17, 15) is 38.4 Å². The fraction of sp³-hybridized carbons (Fsp3) is 0.244. The number of hydrogen-bond donors (Lipinski definition) is 7. The molecule has 128 heavy (non-hydrogen) atoms. The molecule has 0 spiro atoms. The highest BCUT2D eigenvalue weighted by atomic mass is 32.1. The first-order valence-corrected chi connectivity index (χ1v) is 42.3. The van der Waals surface area contributed by atoms with E-state index in [0.717, 1.165) is 74.4 Å². The normalized spacial score (nSPS) is 10.4. The molecule has 0 fully saturated rings. The summed E-state index contributed by atoms with van der Waals surface area (Å²) in [5.74, 6) is 3.58. The van der Waals surface area contributed by atoms with Crippen LogP contribution in [0.25, 0.3) is 45.0 Å². The van der Waals surface area contributed by atoms with E-state index in [1.165, 1.54) is 85.7 Å². The van der Waals surface area contributed by atoms with E-state index in [0.29, 0.717) is 115 Å². The van der Waals surface area contributed by atoms with Gasteiger partial charge in [0.25, 0.3) is 47.3 Å². The molecule has 12 rings (SSSR count). The van der Waals surface area contributed by atoms with E-state index in [-0.39, 0.29) is 73.7 Å². The summed E-state index contributed by atoms with van der Waals surface area (Å²) in [4.78, 5) is 117. The molecule has 0 bridgehead atoms. The van der Waals surface area contributed by atoms with Gasteiger partial charge in [0.2, 0.25) is 0 Å². The number of nitrogens with zero attached hydrogens (tertiary/aromatic N) is 5. The lowest BCUT2D eigenvalue weighted by molar-refractivity contribution is -0.131. The minimum absolute atomic E-state index is 0.123. The van der Waals surface area contributed by atoms with Gasteiger partial charge in [-0.2, -0.15) is 0 Å². The number of ether oxygens (including phenoxy) is 14. The molecule has 0 unspecified atom stereocenters. The minimum atomic E-state index is -0.340. The smallest absolute Gasteiger partial charge is 0.259 e. The van der Waals surface area contributed by atoms with Gasteiger partial charge in [0, 0.05) is 121 Å². The van der Waals surface area contributed by atoms with Crippen LogP contribution in [0, 0.1) is 0 Å². The van der Waals surface area contributed by atoms with Crippen molar-refractivity contribution < 1.29 is 105 Å². The number of amides is 8. The van der Waals surface area contributed by atoms with Crippen LogP contribution in [-0.2, 0) is 28.7 Å². The van der Waals surface area contributed by atoms with Crippen molar-refractivity contribution in [3.63, 3.8) is 0 Å². The third-order valence-corrected chi connectivity index (χ3v) is 20.9. The van der Waals surface area contributed by atoms with Gasteiger partial charge in [-0.05, 0) is 176 Å². The zero-order valence-corrected chi connectivity index (χ0v) is 75.5. The molecule has 0 aliphatic heterocycles. The summed E-state index contributed by atoms with van der Waals surface area (Å²) in [6.07, 6.45) is 0.718. The number of carbonyl (C=O) groups is 8. The van der Waals surface area contributed by atoms with E-state index in [2.05, 4.69) is 57.2 Å². The molecule has 38 heteroatoms. The monoisotopic (exact) mass is 1820 g/mol. The number of carbonyl (C=O) groups excluding carboxylic acids is 8. The second kappa shape index (κ2) is 50.5. The van der Waals surface area contributed by atoms with Crippen LogP contribution >= 0.6 is 45.3 Å². The average molecular weight is 1830 g/mol. The number of aromatic nitrogens is 4. The lowest BCUT2D eigenvalue weighted by Crippen LogP contribution is -2.31. The molecular formula is C90H96N12O22S4. The molecule has 0 saturated carbocycles. The molecule has 0 saturated heterocycles. The molecule has 12 aromatic rings. The van der Waals surface area contributed by atoms with Crippen molar-refractivity contribution in [2.75, 3.05) is 166 Å². The fourth-order valence-corrected chi connectivity index (χ4v) is 13.8. The predicted octanol–water partition coefficient (Wildman–Crippen LogP) is 13.6. The summed E-state index contributed by atoms with van der Waals surface area (Å²) in [5.41, 5.74) is 8.20. The van der Waals surface area contributed by atoms with Crippen molar-refractivity contribution in [1.82, 2.24) is 40.8 Å². The maximum absolute atomic E-state index is 12.7. The maximum Gasteiger partial charge on any atom is 0.259 e. The van der Waals surface area contributed by atoms with Crippen molar-refractivity contribution in [3.8, 4) is 114 Å². The fourth-order valence-electron chi connectivity index (χ4n) is 10.9. The lowest BCUT2D eigenvalue weighted by Gasteiger charge is -2.14. The van der Waals surface area contributed by atoms with E-state index >= 15 is 0 Å². The number of benzene rings is 8. The highest BCUT2D eigenvalue weighted by molar-refractivity contribution is 7.15. The lowest BCUT2D eigenvalue weighted by atomic mass is 10.2. The van der Waals surface area contributed by atoms with Crippen molar-refractivity contribution in [2.45, 2.75) is 6.42 Å². The molecule has 4 aromatic heterocycles. The summed E-state index contributed by atoms with van der Waals surface area (Å²) >= 11 is 5.32. The van der Waals surface area contributed by atoms with E-state index in [1.807, 2.05) is 119 Å². The highest BCUT2D eigenvalue weighted by Crippen LogP contribution is 2.36. The molecule has 672 valence electrons. The van der Waals surface area contributed by atoms with E-state index in [1.54, 1.807) is 130 Å². The number of methoxy groups -OCH3 is 10. The zero-order chi connectivity index (χ0) is 91.9. The largest absolute Gasteiger partial charge is 0.497 e. The Kier molecular flexibility index (Phi) is 38.4. The molecule has 8 aromatic carbocycles. The van der Waals surface area contributed by atoms with Gasteiger partial charge in [0.15, 0.2) is 92.9 Å². The first-order chi connectivity index (χ1) is 62.0. The Labute approximate surface area is 754 Å². The van der Waals surface area contributed by atoms with Gasteiger partial charge in [-0.15, -0.1) is 45.3 Å². The molecule has 7 N–H and O–H groups in total. The number of nitrogens with one attached hydrogen (secondary N) is 7.